The quantitative estimate of drug-likeness (QED) is 0.905. The molecule has 1 atom stereocenters. The van der Waals surface area contributed by atoms with Crippen molar-refractivity contribution in [1.82, 2.24) is 14.9 Å². The summed E-state index contributed by atoms with van der Waals surface area (Å²) in [6, 6.07) is 5.56. The first-order valence-electron chi connectivity index (χ1n) is 9.14. The van der Waals surface area contributed by atoms with Crippen LogP contribution in [0.1, 0.15) is 30.1 Å². The lowest BCUT2D eigenvalue weighted by Crippen LogP contribution is -2.36. The Kier molecular flexibility index (Phi) is 4.99. The highest BCUT2D eigenvalue weighted by Crippen LogP contribution is 2.25. The summed E-state index contributed by atoms with van der Waals surface area (Å²) in [5.74, 6) is 1.48. The van der Waals surface area contributed by atoms with E-state index in [0.717, 1.165) is 38.2 Å². The maximum Gasteiger partial charge on any atom is 0.146 e. The Morgan fingerprint density at radius 2 is 2.12 bits per heavy atom. The third-order valence-electron chi connectivity index (χ3n) is 5.15. The number of fused-ring (bicyclic) bond motifs is 1. The van der Waals surface area contributed by atoms with Crippen molar-refractivity contribution in [2.45, 2.75) is 31.8 Å². The number of rotatable bonds is 5. The fourth-order valence-corrected chi connectivity index (χ4v) is 3.81. The van der Waals surface area contributed by atoms with Crippen LogP contribution in [0.3, 0.4) is 0 Å². The zero-order valence-corrected chi connectivity index (χ0v) is 14.5. The molecule has 6 heteroatoms. The van der Waals surface area contributed by atoms with E-state index in [0.29, 0.717) is 31.4 Å². The second-order valence-corrected chi connectivity index (χ2v) is 6.83. The van der Waals surface area contributed by atoms with Gasteiger partial charge in [-0.25, -0.2) is 9.37 Å². The van der Waals surface area contributed by atoms with Gasteiger partial charge in [0.1, 0.15) is 11.6 Å². The molecule has 0 bridgehead atoms. The van der Waals surface area contributed by atoms with Gasteiger partial charge in [0, 0.05) is 51.0 Å². The van der Waals surface area contributed by atoms with E-state index in [4.69, 9.17) is 4.74 Å². The number of nitrogens with one attached hydrogen (secondary N) is 1. The molecule has 0 aliphatic carbocycles. The minimum absolute atomic E-state index is 0.144. The molecular formula is C19H25FN4O. The molecule has 0 saturated carbocycles. The molecule has 4 rings (SSSR count). The molecule has 1 saturated heterocycles. The predicted molar refractivity (Wildman–Crippen MR) is 95.3 cm³/mol. The van der Waals surface area contributed by atoms with Gasteiger partial charge in [-0.05, 0) is 30.5 Å². The van der Waals surface area contributed by atoms with Crippen molar-refractivity contribution in [2.75, 3.05) is 37.7 Å². The van der Waals surface area contributed by atoms with Gasteiger partial charge in [0.2, 0.25) is 0 Å². The van der Waals surface area contributed by atoms with E-state index in [1.54, 1.807) is 6.07 Å². The number of morpholine rings is 1. The molecule has 0 radical (unpaired) electrons. The van der Waals surface area contributed by atoms with Crippen LogP contribution in [-0.2, 0) is 17.8 Å². The van der Waals surface area contributed by atoms with Crippen LogP contribution in [0.15, 0.2) is 30.6 Å². The van der Waals surface area contributed by atoms with Crippen LogP contribution >= 0.6 is 0 Å². The first-order chi connectivity index (χ1) is 12.3. The third kappa shape index (κ3) is 3.70. The zero-order chi connectivity index (χ0) is 17.1. The molecule has 1 fully saturated rings. The summed E-state index contributed by atoms with van der Waals surface area (Å²) >= 11 is 0. The number of halogens is 1. The fourth-order valence-electron chi connectivity index (χ4n) is 3.81. The largest absolute Gasteiger partial charge is 0.378 e. The number of imidazole rings is 1. The van der Waals surface area contributed by atoms with Crippen molar-refractivity contribution in [1.29, 1.82) is 0 Å². The second-order valence-electron chi connectivity index (χ2n) is 6.83. The van der Waals surface area contributed by atoms with Gasteiger partial charge in [0.25, 0.3) is 0 Å². The van der Waals surface area contributed by atoms with Gasteiger partial charge in [-0.1, -0.05) is 6.07 Å². The number of benzene rings is 1. The summed E-state index contributed by atoms with van der Waals surface area (Å²) in [5, 5.41) is 3.47. The lowest BCUT2D eigenvalue weighted by molar-refractivity contribution is 0.122. The number of hydrogen-bond acceptors (Lipinski definition) is 4. The number of aryl methyl sites for hydroxylation is 1. The summed E-state index contributed by atoms with van der Waals surface area (Å²) in [6.07, 6.45) is 6.29. The van der Waals surface area contributed by atoms with Crippen molar-refractivity contribution >= 4 is 5.69 Å². The van der Waals surface area contributed by atoms with Crippen molar-refractivity contribution in [3.8, 4) is 0 Å². The van der Waals surface area contributed by atoms with Crippen molar-refractivity contribution in [3.05, 3.63) is 47.8 Å². The van der Waals surface area contributed by atoms with E-state index in [-0.39, 0.29) is 5.82 Å². The van der Waals surface area contributed by atoms with E-state index >= 15 is 0 Å². The monoisotopic (exact) mass is 344 g/mol. The van der Waals surface area contributed by atoms with Gasteiger partial charge in [0.15, 0.2) is 0 Å². The van der Waals surface area contributed by atoms with E-state index < -0.39 is 0 Å². The highest BCUT2D eigenvalue weighted by atomic mass is 19.1. The molecule has 1 aromatic heterocycles. The molecule has 5 nitrogen and oxygen atoms in total. The number of aromatic nitrogens is 2. The SMILES string of the molecule is Fc1cc(CNCC2CCCn3ccnc32)ccc1N1CCOCC1. The predicted octanol–water partition coefficient (Wildman–Crippen LogP) is 2.53. The normalized spacial score (nSPS) is 20.5. The Balaban J connectivity index is 1.34. The smallest absolute Gasteiger partial charge is 0.146 e. The average molecular weight is 344 g/mol. The van der Waals surface area contributed by atoms with Crippen molar-refractivity contribution < 1.29 is 9.13 Å². The van der Waals surface area contributed by atoms with Crippen LogP contribution in [0.5, 0.6) is 0 Å². The molecule has 134 valence electrons. The number of ether oxygens (including phenoxy) is 1. The van der Waals surface area contributed by atoms with Crippen LogP contribution in [0.25, 0.3) is 0 Å². The van der Waals surface area contributed by atoms with E-state index in [1.165, 1.54) is 12.2 Å². The number of anilines is 1. The van der Waals surface area contributed by atoms with Gasteiger partial charge in [-0.15, -0.1) is 0 Å². The molecule has 25 heavy (non-hydrogen) atoms. The van der Waals surface area contributed by atoms with Crippen LogP contribution in [0.2, 0.25) is 0 Å². The first-order valence-corrected chi connectivity index (χ1v) is 9.14. The molecule has 0 amide bonds. The Morgan fingerprint density at radius 1 is 1.24 bits per heavy atom. The minimum atomic E-state index is -0.144. The highest BCUT2D eigenvalue weighted by Gasteiger charge is 2.21. The van der Waals surface area contributed by atoms with E-state index in [2.05, 4.69) is 26.0 Å². The van der Waals surface area contributed by atoms with Crippen molar-refractivity contribution in [3.63, 3.8) is 0 Å². The molecule has 1 unspecified atom stereocenters. The lowest BCUT2D eigenvalue weighted by Gasteiger charge is -2.29. The topological polar surface area (TPSA) is 42.3 Å². The molecule has 2 aliphatic heterocycles. The maximum absolute atomic E-state index is 14.4. The summed E-state index contributed by atoms with van der Waals surface area (Å²) in [4.78, 5) is 6.54. The van der Waals surface area contributed by atoms with Gasteiger partial charge < -0.3 is 19.5 Å². The lowest BCUT2D eigenvalue weighted by atomic mass is 9.99. The fraction of sp³-hybridized carbons (Fsp3) is 0.526. The molecular weight excluding hydrogens is 319 g/mol. The molecule has 3 heterocycles. The van der Waals surface area contributed by atoms with E-state index in [1.807, 2.05) is 18.3 Å². The van der Waals surface area contributed by atoms with Crippen molar-refractivity contribution in [2.24, 2.45) is 0 Å². The minimum Gasteiger partial charge on any atom is -0.378 e. The molecule has 0 spiro atoms. The van der Waals surface area contributed by atoms with Crippen LogP contribution in [0, 0.1) is 5.82 Å². The van der Waals surface area contributed by atoms with Gasteiger partial charge in [-0.2, -0.15) is 0 Å². The molecule has 2 aromatic rings. The summed E-state index contributed by atoms with van der Waals surface area (Å²) in [6.45, 7) is 5.47. The molecule has 2 aliphatic rings. The van der Waals surface area contributed by atoms with Crippen LogP contribution in [-0.4, -0.2) is 42.4 Å². The summed E-state index contributed by atoms with van der Waals surface area (Å²) < 4.78 is 22.0. The number of nitrogens with zero attached hydrogens (tertiary/aromatic N) is 3. The molecule has 1 aromatic carbocycles. The average Bonchev–Trinajstić information content (AvgIpc) is 3.12. The van der Waals surface area contributed by atoms with E-state index in [9.17, 15) is 4.39 Å². The Labute approximate surface area is 147 Å². The Hall–Kier alpha value is -1.92. The zero-order valence-electron chi connectivity index (χ0n) is 14.5. The van der Waals surface area contributed by atoms with Gasteiger partial charge >= 0.3 is 0 Å². The second kappa shape index (κ2) is 7.54. The standard InChI is InChI=1S/C19H25FN4O/c20-17-12-15(3-4-18(17)23-8-10-25-11-9-23)13-21-14-16-2-1-6-24-7-5-22-19(16)24/h3-5,7,12,16,21H,1-2,6,8-11,13-14H2. The Bertz CT molecular complexity index is 711. The molecule has 1 N–H and O–H groups in total. The van der Waals surface area contributed by atoms with Crippen LogP contribution in [0.4, 0.5) is 10.1 Å². The Morgan fingerprint density at radius 3 is 2.96 bits per heavy atom. The van der Waals surface area contributed by atoms with Gasteiger partial charge in [-0.3, -0.25) is 0 Å². The maximum atomic E-state index is 14.4. The number of hydrogen-bond donors (Lipinski definition) is 1. The van der Waals surface area contributed by atoms with Gasteiger partial charge in [0.05, 0.1) is 18.9 Å². The highest BCUT2D eigenvalue weighted by molar-refractivity contribution is 5.49. The third-order valence-corrected chi connectivity index (χ3v) is 5.15. The summed E-state index contributed by atoms with van der Waals surface area (Å²) in [5.41, 5.74) is 1.66. The first kappa shape index (κ1) is 16.5. The van der Waals surface area contributed by atoms with Crippen LogP contribution < -0.4 is 10.2 Å². The summed E-state index contributed by atoms with van der Waals surface area (Å²) in [7, 11) is 0.